The van der Waals surface area contributed by atoms with E-state index in [2.05, 4.69) is 51.1 Å². The van der Waals surface area contributed by atoms with E-state index >= 15 is 0 Å². The summed E-state index contributed by atoms with van der Waals surface area (Å²) in [4.78, 5) is 16.7. The van der Waals surface area contributed by atoms with Crippen molar-refractivity contribution in [1.29, 1.82) is 0 Å². The number of carbonyl (C=O) groups is 1. The minimum Gasteiger partial charge on any atom is -0.377 e. The second kappa shape index (κ2) is 9.06. The van der Waals surface area contributed by atoms with Crippen LogP contribution >= 0.6 is 0 Å². The van der Waals surface area contributed by atoms with Crippen molar-refractivity contribution in [2.24, 2.45) is 5.10 Å². The molecule has 1 aliphatic heterocycles. The molecule has 1 aromatic heterocycles. The molecule has 1 aliphatic rings. The third-order valence-corrected chi connectivity index (χ3v) is 5.60. The fourth-order valence-electron chi connectivity index (χ4n) is 4.26. The first kappa shape index (κ1) is 20.7. The lowest BCUT2D eigenvalue weighted by molar-refractivity contribution is 0.0953. The quantitative estimate of drug-likeness (QED) is 0.421. The normalized spacial score (nSPS) is 17.4. The summed E-state index contributed by atoms with van der Waals surface area (Å²) in [7, 11) is 1.91. The van der Waals surface area contributed by atoms with Crippen LogP contribution in [0.15, 0.2) is 66.0 Å². The number of fused-ring (bicyclic) bond motifs is 1. The number of rotatable bonds is 6. The summed E-state index contributed by atoms with van der Waals surface area (Å²) >= 11 is 0. The maximum atomic E-state index is 14.4. The Kier molecular flexibility index (Phi) is 6.04. The van der Waals surface area contributed by atoms with Gasteiger partial charge in [0, 0.05) is 42.8 Å². The fraction of sp³-hybridized carbons (Fsp3) is 0.208. The molecule has 7 heteroatoms. The highest BCUT2D eigenvalue weighted by atomic mass is 19.1. The van der Waals surface area contributed by atoms with Gasteiger partial charge in [-0.1, -0.05) is 24.3 Å². The van der Waals surface area contributed by atoms with Gasteiger partial charge in [-0.15, -0.1) is 0 Å². The van der Waals surface area contributed by atoms with Crippen LogP contribution in [-0.2, 0) is 13.0 Å². The van der Waals surface area contributed by atoms with E-state index in [1.807, 2.05) is 25.2 Å². The number of anilines is 1. The molecular weight excluding hydrogens is 393 g/mol. The highest BCUT2D eigenvalue weighted by molar-refractivity contribution is 5.97. The Balaban J connectivity index is 1.83. The van der Waals surface area contributed by atoms with E-state index in [9.17, 15) is 9.18 Å². The average molecular weight is 417 g/mol. The third-order valence-electron chi connectivity index (χ3n) is 5.60. The second-order valence-electron chi connectivity index (χ2n) is 7.57. The van der Waals surface area contributed by atoms with Gasteiger partial charge in [0.1, 0.15) is 5.82 Å². The molecule has 2 unspecified atom stereocenters. The van der Waals surface area contributed by atoms with Crippen molar-refractivity contribution in [3.63, 3.8) is 0 Å². The van der Waals surface area contributed by atoms with E-state index < -0.39 is 11.7 Å². The van der Waals surface area contributed by atoms with Gasteiger partial charge in [-0.25, -0.2) is 9.82 Å². The number of hydrogen-bond donors (Lipinski definition) is 3. The van der Waals surface area contributed by atoms with Crippen LogP contribution in [-0.4, -0.2) is 24.7 Å². The monoisotopic (exact) mass is 417 g/mol. The van der Waals surface area contributed by atoms with E-state index in [1.165, 1.54) is 17.7 Å². The smallest absolute Gasteiger partial charge is 0.271 e. The molecule has 3 aromatic rings. The number of amides is 1. The number of nitrogens with one attached hydrogen (secondary N) is 3. The lowest BCUT2D eigenvalue weighted by atomic mass is 9.78. The largest absolute Gasteiger partial charge is 0.377 e. The molecule has 2 heterocycles. The lowest BCUT2D eigenvalue weighted by Crippen LogP contribution is -2.29. The van der Waals surface area contributed by atoms with E-state index in [1.54, 1.807) is 12.4 Å². The summed E-state index contributed by atoms with van der Waals surface area (Å²) < 4.78 is 14.4. The fourth-order valence-corrected chi connectivity index (χ4v) is 4.26. The predicted octanol–water partition coefficient (Wildman–Crippen LogP) is 3.78. The van der Waals surface area contributed by atoms with Gasteiger partial charge in [-0.3, -0.25) is 9.78 Å². The number of aromatic nitrogens is 1. The van der Waals surface area contributed by atoms with Crippen LogP contribution in [0.5, 0.6) is 0 Å². The highest BCUT2D eigenvalue weighted by Crippen LogP contribution is 2.44. The van der Waals surface area contributed by atoms with Crippen molar-refractivity contribution >= 4 is 18.3 Å². The molecule has 0 spiro atoms. The molecular formula is C24H24FN5O. The van der Waals surface area contributed by atoms with Gasteiger partial charge in [-0.05, 0) is 60.0 Å². The molecule has 0 fully saturated rings. The molecule has 0 radical (unpaired) electrons. The van der Waals surface area contributed by atoms with Crippen LogP contribution in [0.4, 0.5) is 10.1 Å². The first-order valence-electron chi connectivity index (χ1n) is 10.1. The zero-order valence-electron chi connectivity index (χ0n) is 17.2. The number of hydrazone groups is 1. The number of carbonyl (C=O) groups excluding carboxylic acids is 1. The van der Waals surface area contributed by atoms with E-state index in [0.717, 1.165) is 23.2 Å². The molecule has 6 nitrogen and oxygen atoms in total. The van der Waals surface area contributed by atoms with Gasteiger partial charge in [0.05, 0.1) is 6.04 Å². The standard InChI is InChI=1S/C24H24FN5O/c1-26-14-15-4-3-5-17(10-15)19-13-20-21(24(31)30-27-2)11-18(25)12-22(20)29-23(19)16-6-8-28-9-7-16/h3-12,19,23,26,29H,2,13-14H2,1H3,(H,30,31). The Morgan fingerprint density at radius 1 is 1.23 bits per heavy atom. The van der Waals surface area contributed by atoms with Crippen molar-refractivity contribution in [2.75, 3.05) is 12.4 Å². The van der Waals surface area contributed by atoms with Gasteiger partial charge in [-0.2, -0.15) is 5.10 Å². The molecule has 1 amide bonds. The van der Waals surface area contributed by atoms with Crippen molar-refractivity contribution in [2.45, 2.75) is 24.9 Å². The van der Waals surface area contributed by atoms with Gasteiger partial charge < -0.3 is 10.6 Å². The highest BCUT2D eigenvalue weighted by Gasteiger charge is 2.33. The van der Waals surface area contributed by atoms with E-state index in [0.29, 0.717) is 12.1 Å². The Bertz CT molecular complexity index is 1100. The van der Waals surface area contributed by atoms with Gasteiger partial charge in [0.15, 0.2) is 0 Å². The molecule has 0 saturated carbocycles. The minimum atomic E-state index is -0.483. The minimum absolute atomic E-state index is 0.0282. The first-order chi connectivity index (χ1) is 15.1. The first-order valence-corrected chi connectivity index (χ1v) is 10.1. The van der Waals surface area contributed by atoms with Crippen molar-refractivity contribution in [1.82, 2.24) is 15.7 Å². The number of benzene rings is 2. The van der Waals surface area contributed by atoms with Crippen LogP contribution in [0.3, 0.4) is 0 Å². The molecule has 158 valence electrons. The molecule has 2 atom stereocenters. The Labute approximate surface area is 180 Å². The average Bonchev–Trinajstić information content (AvgIpc) is 2.79. The van der Waals surface area contributed by atoms with Gasteiger partial charge >= 0.3 is 0 Å². The van der Waals surface area contributed by atoms with Crippen LogP contribution < -0.4 is 16.1 Å². The summed E-state index contributed by atoms with van der Waals surface area (Å²) in [6.45, 7) is 4.06. The molecule has 0 bridgehead atoms. The van der Waals surface area contributed by atoms with Crippen LogP contribution in [0, 0.1) is 5.82 Å². The predicted molar refractivity (Wildman–Crippen MR) is 120 cm³/mol. The summed E-state index contributed by atoms with van der Waals surface area (Å²) in [5.41, 5.74) is 7.33. The molecule has 0 aliphatic carbocycles. The van der Waals surface area contributed by atoms with Crippen molar-refractivity contribution in [3.8, 4) is 0 Å². The van der Waals surface area contributed by atoms with Crippen LogP contribution in [0.25, 0.3) is 0 Å². The van der Waals surface area contributed by atoms with Crippen LogP contribution in [0.1, 0.15) is 44.6 Å². The maximum absolute atomic E-state index is 14.4. The van der Waals surface area contributed by atoms with Gasteiger partial charge in [0.25, 0.3) is 5.91 Å². The SMILES string of the molecule is C=NNC(=O)c1cc(F)cc2c1CC(c1cccc(CNC)c1)C(c1ccncc1)N2. The zero-order chi connectivity index (χ0) is 21.8. The van der Waals surface area contributed by atoms with E-state index in [4.69, 9.17) is 0 Å². The maximum Gasteiger partial charge on any atom is 0.271 e. The Morgan fingerprint density at radius 3 is 2.77 bits per heavy atom. The molecule has 2 aromatic carbocycles. The van der Waals surface area contributed by atoms with Crippen molar-refractivity contribution < 1.29 is 9.18 Å². The molecule has 4 rings (SSSR count). The summed E-state index contributed by atoms with van der Waals surface area (Å²) in [5, 5.41) is 10.1. The zero-order valence-corrected chi connectivity index (χ0v) is 17.2. The summed E-state index contributed by atoms with van der Waals surface area (Å²) in [6, 6.07) is 14.9. The molecule has 3 N–H and O–H groups in total. The molecule has 0 saturated heterocycles. The second-order valence-corrected chi connectivity index (χ2v) is 7.57. The number of pyridine rings is 1. The third kappa shape index (κ3) is 4.32. The van der Waals surface area contributed by atoms with Crippen molar-refractivity contribution in [3.05, 3.63) is 94.6 Å². The Morgan fingerprint density at radius 2 is 2.03 bits per heavy atom. The topological polar surface area (TPSA) is 78.4 Å². The number of nitrogens with zero attached hydrogens (tertiary/aromatic N) is 2. The van der Waals surface area contributed by atoms with Gasteiger partial charge in [0.2, 0.25) is 0 Å². The van der Waals surface area contributed by atoms with Crippen LogP contribution in [0.2, 0.25) is 0 Å². The Hall–Kier alpha value is -3.58. The van der Waals surface area contributed by atoms with E-state index in [-0.39, 0.29) is 17.5 Å². The number of hydrogen-bond acceptors (Lipinski definition) is 5. The number of halogens is 1. The lowest BCUT2D eigenvalue weighted by Gasteiger charge is -2.36. The summed E-state index contributed by atoms with van der Waals surface area (Å²) in [5.74, 6) is -0.929. The summed E-state index contributed by atoms with van der Waals surface area (Å²) in [6.07, 6.45) is 4.07. The molecule has 31 heavy (non-hydrogen) atoms.